The van der Waals surface area contributed by atoms with Gasteiger partial charge in [-0.2, -0.15) is 10.2 Å². The molecule has 0 aliphatic rings. The molecule has 0 radical (unpaired) electrons. The van der Waals surface area contributed by atoms with Gasteiger partial charge in [-0.1, -0.05) is 18.2 Å². The zero-order valence-corrected chi connectivity index (χ0v) is 14.0. The van der Waals surface area contributed by atoms with Gasteiger partial charge in [-0.15, -0.1) is 0 Å². The molecule has 8 heteroatoms. The molecule has 3 N–H and O–H groups in total. The topological polar surface area (TPSA) is 113 Å². The van der Waals surface area contributed by atoms with E-state index >= 15 is 0 Å². The van der Waals surface area contributed by atoms with Crippen molar-refractivity contribution in [3.05, 3.63) is 57.8 Å². The fourth-order valence-electron chi connectivity index (χ4n) is 2.65. The van der Waals surface area contributed by atoms with E-state index in [0.29, 0.717) is 29.6 Å². The van der Waals surface area contributed by atoms with Crippen molar-refractivity contribution in [3.63, 3.8) is 0 Å². The summed E-state index contributed by atoms with van der Waals surface area (Å²) in [5, 5.41) is 17.5. The maximum Gasteiger partial charge on any atom is 0.272 e. The molecular weight excluding hydrogens is 322 g/mol. The van der Waals surface area contributed by atoms with E-state index in [1.54, 1.807) is 32.2 Å². The van der Waals surface area contributed by atoms with E-state index in [1.165, 1.54) is 0 Å². The van der Waals surface area contributed by atoms with Gasteiger partial charge in [-0.25, -0.2) is 5.10 Å². The van der Waals surface area contributed by atoms with Crippen molar-refractivity contribution >= 4 is 16.7 Å². The van der Waals surface area contributed by atoms with Crippen LogP contribution in [0.15, 0.2) is 35.1 Å². The monoisotopic (exact) mass is 341 g/mol. The first-order chi connectivity index (χ1) is 12.1. The van der Waals surface area contributed by atoms with Gasteiger partial charge in [-0.3, -0.25) is 14.7 Å². The molecule has 0 saturated heterocycles. The highest BCUT2D eigenvalue weighted by atomic mass is 16.5. The molecule has 3 aromatic rings. The summed E-state index contributed by atoms with van der Waals surface area (Å²) in [6.07, 6.45) is 0. The summed E-state index contributed by atoms with van der Waals surface area (Å²) in [6, 6.07) is 8.94. The first kappa shape index (κ1) is 16.8. The lowest BCUT2D eigenvalue weighted by molar-refractivity contribution is -0.122. The molecular formula is C17H19N5O3. The number of nitrogens with zero attached hydrogens (tertiary/aromatic N) is 2. The van der Waals surface area contributed by atoms with Crippen molar-refractivity contribution in [2.45, 2.75) is 26.0 Å². The smallest absolute Gasteiger partial charge is 0.272 e. The number of aromatic nitrogens is 4. The Morgan fingerprint density at radius 1 is 1.24 bits per heavy atom. The van der Waals surface area contributed by atoms with Crippen molar-refractivity contribution in [2.75, 3.05) is 7.11 Å². The summed E-state index contributed by atoms with van der Waals surface area (Å²) >= 11 is 0. The minimum atomic E-state index is -0.511. The van der Waals surface area contributed by atoms with Gasteiger partial charge in [0.05, 0.1) is 41.5 Å². The third-order valence-electron chi connectivity index (χ3n) is 3.96. The van der Waals surface area contributed by atoms with Crippen LogP contribution in [-0.2, 0) is 22.7 Å². The second-order valence-electron chi connectivity index (χ2n) is 5.74. The van der Waals surface area contributed by atoms with Crippen LogP contribution in [0.3, 0.4) is 0 Å². The molecule has 0 aliphatic carbocycles. The van der Waals surface area contributed by atoms with Crippen LogP contribution in [0.5, 0.6) is 0 Å². The van der Waals surface area contributed by atoms with Crippen molar-refractivity contribution in [1.82, 2.24) is 25.7 Å². The molecule has 1 atom stereocenters. The lowest BCUT2D eigenvalue weighted by Gasteiger charge is -2.13. The molecule has 2 aromatic heterocycles. The SMILES string of the molecule is COCc1cc(CNC(=O)C(C)c2n[nH]c(=O)c3ccccc23)[nH]n1. The Balaban J connectivity index is 1.74. The summed E-state index contributed by atoms with van der Waals surface area (Å²) in [4.78, 5) is 24.3. The van der Waals surface area contributed by atoms with Gasteiger partial charge >= 0.3 is 0 Å². The number of hydrogen-bond acceptors (Lipinski definition) is 5. The number of benzene rings is 1. The second kappa shape index (κ2) is 7.27. The third-order valence-corrected chi connectivity index (χ3v) is 3.96. The van der Waals surface area contributed by atoms with Crippen molar-refractivity contribution in [3.8, 4) is 0 Å². The van der Waals surface area contributed by atoms with Gasteiger partial charge in [0.15, 0.2) is 0 Å². The van der Waals surface area contributed by atoms with E-state index in [-0.39, 0.29) is 11.5 Å². The normalized spacial score (nSPS) is 12.2. The average molecular weight is 341 g/mol. The van der Waals surface area contributed by atoms with E-state index in [0.717, 1.165) is 11.4 Å². The van der Waals surface area contributed by atoms with E-state index in [4.69, 9.17) is 4.74 Å². The molecule has 130 valence electrons. The largest absolute Gasteiger partial charge is 0.378 e. The molecule has 0 aliphatic heterocycles. The standard InChI is InChI=1S/C17H19N5O3/c1-10(15-13-5-3-4-6-14(13)17(24)22-21-15)16(23)18-8-11-7-12(9-25-2)20-19-11/h3-7,10H,8-9H2,1-2H3,(H,18,23)(H,19,20)(H,22,24). The minimum Gasteiger partial charge on any atom is -0.378 e. The van der Waals surface area contributed by atoms with Gasteiger partial charge in [0.25, 0.3) is 5.56 Å². The number of amides is 1. The van der Waals surface area contributed by atoms with Crippen LogP contribution in [0.1, 0.15) is 29.9 Å². The van der Waals surface area contributed by atoms with Gasteiger partial charge in [0.2, 0.25) is 5.91 Å². The third kappa shape index (κ3) is 3.58. The van der Waals surface area contributed by atoms with Crippen LogP contribution < -0.4 is 10.9 Å². The number of H-pyrrole nitrogens is 2. The molecule has 1 unspecified atom stereocenters. The Hall–Kier alpha value is -3.00. The first-order valence-electron chi connectivity index (χ1n) is 7.87. The number of hydrogen-bond donors (Lipinski definition) is 3. The number of nitrogens with one attached hydrogen (secondary N) is 3. The maximum absolute atomic E-state index is 12.5. The number of aromatic amines is 2. The Morgan fingerprint density at radius 3 is 2.76 bits per heavy atom. The fraction of sp³-hybridized carbons (Fsp3) is 0.294. The minimum absolute atomic E-state index is 0.187. The molecule has 2 heterocycles. The molecule has 0 bridgehead atoms. The predicted molar refractivity (Wildman–Crippen MR) is 91.9 cm³/mol. The van der Waals surface area contributed by atoms with E-state index in [1.807, 2.05) is 12.1 Å². The number of ether oxygens (including phenoxy) is 1. The van der Waals surface area contributed by atoms with Crippen LogP contribution in [0.25, 0.3) is 10.8 Å². The number of rotatable bonds is 6. The Kier molecular flexibility index (Phi) is 4.90. The molecule has 8 nitrogen and oxygen atoms in total. The number of carbonyl (C=O) groups excluding carboxylic acids is 1. The molecule has 1 amide bonds. The van der Waals surface area contributed by atoms with E-state index in [2.05, 4.69) is 25.7 Å². The molecule has 3 rings (SSSR count). The number of fused-ring (bicyclic) bond motifs is 1. The first-order valence-corrected chi connectivity index (χ1v) is 7.87. The highest BCUT2D eigenvalue weighted by molar-refractivity contribution is 5.90. The quantitative estimate of drug-likeness (QED) is 0.624. The lowest BCUT2D eigenvalue weighted by atomic mass is 10.0. The summed E-state index contributed by atoms with van der Waals surface area (Å²) in [5.41, 5.74) is 1.83. The van der Waals surface area contributed by atoms with Gasteiger partial charge < -0.3 is 10.1 Å². The Labute approximate surface area is 143 Å². The second-order valence-corrected chi connectivity index (χ2v) is 5.74. The zero-order valence-electron chi connectivity index (χ0n) is 14.0. The van der Waals surface area contributed by atoms with Crippen molar-refractivity contribution < 1.29 is 9.53 Å². The van der Waals surface area contributed by atoms with Gasteiger partial charge in [-0.05, 0) is 19.1 Å². The fourth-order valence-corrected chi connectivity index (χ4v) is 2.65. The Morgan fingerprint density at radius 2 is 2.00 bits per heavy atom. The summed E-state index contributed by atoms with van der Waals surface area (Å²) in [5.74, 6) is -0.698. The lowest BCUT2D eigenvalue weighted by Crippen LogP contribution is -2.29. The average Bonchev–Trinajstić information content (AvgIpc) is 3.07. The van der Waals surface area contributed by atoms with Crippen LogP contribution in [-0.4, -0.2) is 33.4 Å². The predicted octanol–water partition coefficient (Wildman–Crippen LogP) is 1.21. The van der Waals surface area contributed by atoms with E-state index < -0.39 is 5.92 Å². The molecule has 0 fully saturated rings. The molecule has 25 heavy (non-hydrogen) atoms. The van der Waals surface area contributed by atoms with Gasteiger partial charge in [0, 0.05) is 12.5 Å². The summed E-state index contributed by atoms with van der Waals surface area (Å²) in [7, 11) is 1.60. The van der Waals surface area contributed by atoms with Crippen molar-refractivity contribution in [2.24, 2.45) is 0 Å². The van der Waals surface area contributed by atoms with Crippen LogP contribution in [0.4, 0.5) is 0 Å². The number of methoxy groups -OCH3 is 1. The van der Waals surface area contributed by atoms with E-state index in [9.17, 15) is 9.59 Å². The van der Waals surface area contributed by atoms with Crippen LogP contribution in [0.2, 0.25) is 0 Å². The van der Waals surface area contributed by atoms with Crippen LogP contribution in [0, 0.1) is 0 Å². The van der Waals surface area contributed by atoms with Gasteiger partial charge in [0.1, 0.15) is 0 Å². The van der Waals surface area contributed by atoms with Crippen LogP contribution >= 0.6 is 0 Å². The zero-order chi connectivity index (χ0) is 17.8. The Bertz CT molecular complexity index is 947. The molecule has 0 spiro atoms. The molecule has 1 aromatic carbocycles. The maximum atomic E-state index is 12.5. The van der Waals surface area contributed by atoms with Crippen molar-refractivity contribution in [1.29, 1.82) is 0 Å². The summed E-state index contributed by atoms with van der Waals surface area (Å²) in [6.45, 7) is 2.49. The number of carbonyl (C=O) groups is 1. The summed E-state index contributed by atoms with van der Waals surface area (Å²) < 4.78 is 5.01. The molecule has 0 saturated carbocycles. The highest BCUT2D eigenvalue weighted by Crippen LogP contribution is 2.20. The highest BCUT2D eigenvalue weighted by Gasteiger charge is 2.20.